The molecular formula is C17H16N2O. The number of aromatic amines is 1. The lowest BCUT2D eigenvalue weighted by molar-refractivity contribution is 0.417. The summed E-state index contributed by atoms with van der Waals surface area (Å²) in [7, 11) is 1.62. The van der Waals surface area contributed by atoms with Gasteiger partial charge in [-0.15, -0.1) is 0 Å². The highest BCUT2D eigenvalue weighted by atomic mass is 16.5. The summed E-state index contributed by atoms with van der Waals surface area (Å²) in [5, 5.41) is 1.21. The Kier molecular flexibility index (Phi) is 3.17. The van der Waals surface area contributed by atoms with Gasteiger partial charge < -0.3 is 15.5 Å². The molecule has 3 nitrogen and oxygen atoms in total. The Hall–Kier alpha value is -2.68. The normalized spacial score (nSPS) is 11.2. The Balaban J connectivity index is 1.89. The van der Waals surface area contributed by atoms with E-state index in [-0.39, 0.29) is 0 Å². The highest BCUT2D eigenvalue weighted by Gasteiger charge is 1.99. The van der Waals surface area contributed by atoms with E-state index in [4.69, 9.17) is 10.5 Å². The number of rotatable bonds is 3. The average molecular weight is 264 g/mol. The third kappa shape index (κ3) is 2.38. The van der Waals surface area contributed by atoms with E-state index < -0.39 is 0 Å². The molecule has 3 aromatic rings. The molecule has 0 fully saturated rings. The summed E-state index contributed by atoms with van der Waals surface area (Å²) in [6.45, 7) is 0. The number of benzene rings is 2. The molecule has 100 valence electrons. The monoisotopic (exact) mass is 264 g/mol. The molecule has 0 bridgehead atoms. The number of anilines is 1. The van der Waals surface area contributed by atoms with Crippen LogP contribution >= 0.6 is 0 Å². The van der Waals surface area contributed by atoms with Crippen LogP contribution in [-0.4, -0.2) is 12.1 Å². The van der Waals surface area contributed by atoms with Crippen LogP contribution in [0.15, 0.2) is 48.7 Å². The summed E-state index contributed by atoms with van der Waals surface area (Å²) in [5.41, 5.74) is 9.83. The van der Waals surface area contributed by atoms with Gasteiger partial charge in [0.05, 0.1) is 12.8 Å². The number of ether oxygens (including phenoxy) is 1. The lowest BCUT2D eigenvalue weighted by Crippen LogP contribution is -1.91. The summed E-state index contributed by atoms with van der Waals surface area (Å²) in [5.74, 6) is 0.702. The van der Waals surface area contributed by atoms with Crippen molar-refractivity contribution >= 4 is 28.7 Å². The Morgan fingerprint density at radius 1 is 1.00 bits per heavy atom. The van der Waals surface area contributed by atoms with E-state index in [1.807, 2.05) is 24.4 Å². The Labute approximate surface area is 117 Å². The average Bonchev–Trinajstić information content (AvgIpc) is 2.94. The molecule has 3 N–H and O–H groups in total. The fourth-order valence-corrected chi connectivity index (χ4v) is 2.20. The summed E-state index contributed by atoms with van der Waals surface area (Å²) >= 11 is 0. The first-order valence-electron chi connectivity index (χ1n) is 6.45. The minimum Gasteiger partial charge on any atom is -0.495 e. The van der Waals surface area contributed by atoms with Gasteiger partial charge in [0.2, 0.25) is 0 Å². The SMILES string of the molecule is COc1cc(/C=C/c2ccc3[nH]ccc3c2)ccc1N. The van der Waals surface area contributed by atoms with Crippen LogP contribution in [0.3, 0.4) is 0 Å². The molecule has 0 radical (unpaired) electrons. The minimum atomic E-state index is 0.651. The maximum Gasteiger partial charge on any atom is 0.142 e. The molecule has 0 aliphatic heterocycles. The van der Waals surface area contributed by atoms with Gasteiger partial charge in [0.15, 0.2) is 0 Å². The lowest BCUT2D eigenvalue weighted by atomic mass is 10.1. The topological polar surface area (TPSA) is 51.0 Å². The van der Waals surface area contributed by atoms with E-state index >= 15 is 0 Å². The van der Waals surface area contributed by atoms with E-state index in [1.165, 1.54) is 5.39 Å². The van der Waals surface area contributed by atoms with Crippen LogP contribution in [0.4, 0.5) is 5.69 Å². The van der Waals surface area contributed by atoms with E-state index in [1.54, 1.807) is 7.11 Å². The molecule has 0 unspecified atom stereocenters. The number of nitrogen functional groups attached to an aromatic ring is 1. The van der Waals surface area contributed by atoms with Crippen molar-refractivity contribution in [2.24, 2.45) is 0 Å². The van der Waals surface area contributed by atoms with E-state index in [9.17, 15) is 0 Å². The quantitative estimate of drug-likeness (QED) is 0.556. The number of nitrogens with one attached hydrogen (secondary N) is 1. The van der Waals surface area contributed by atoms with Crippen molar-refractivity contribution in [1.82, 2.24) is 4.98 Å². The third-order valence-electron chi connectivity index (χ3n) is 3.30. The molecule has 3 rings (SSSR count). The summed E-state index contributed by atoms with van der Waals surface area (Å²) < 4.78 is 5.22. The maximum absolute atomic E-state index is 5.81. The number of hydrogen-bond donors (Lipinski definition) is 2. The van der Waals surface area contributed by atoms with Gasteiger partial charge >= 0.3 is 0 Å². The molecular weight excluding hydrogens is 248 g/mol. The number of fused-ring (bicyclic) bond motifs is 1. The van der Waals surface area contributed by atoms with Crippen molar-refractivity contribution in [3.05, 3.63) is 59.8 Å². The van der Waals surface area contributed by atoms with Gasteiger partial charge in [-0.25, -0.2) is 0 Å². The smallest absolute Gasteiger partial charge is 0.142 e. The highest BCUT2D eigenvalue weighted by molar-refractivity contribution is 5.83. The van der Waals surface area contributed by atoms with Gasteiger partial charge in [-0.2, -0.15) is 0 Å². The van der Waals surface area contributed by atoms with Crippen LogP contribution in [0.1, 0.15) is 11.1 Å². The fraction of sp³-hybridized carbons (Fsp3) is 0.0588. The Bertz CT molecular complexity index is 772. The second kappa shape index (κ2) is 5.13. The standard InChI is InChI=1S/C17H16N2O/c1-20-17-11-13(4-6-15(17)18)3-2-12-5-7-16-14(10-12)8-9-19-16/h2-11,19H,18H2,1H3/b3-2+. The second-order valence-electron chi connectivity index (χ2n) is 4.66. The first-order chi connectivity index (χ1) is 9.76. The van der Waals surface area contributed by atoms with Gasteiger partial charge in [-0.3, -0.25) is 0 Å². The zero-order chi connectivity index (χ0) is 13.9. The van der Waals surface area contributed by atoms with Gasteiger partial charge in [-0.1, -0.05) is 24.3 Å². The summed E-state index contributed by atoms with van der Waals surface area (Å²) in [4.78, 5) is 3.19. The zero-order valence-corrected chi connectivity index (χ0v) is 11.3. The van der Waals surface area contributed by atoms with Crippen LogP contribution < -0.4 is 10.5 Å². The molecule has 2 aromatic carbocycles. The number of hydrogen-bond acceptors (Lipinski definition) is 2. The van der Waals surface area contributed by atoms with Gasteiger partial charge in [0.25, 0.3) is 0 Å². The molecule has 1 heterocycles. The maximum atomic E-state index is 5.81. The number of aromatic nitrogens is 1. The van der Waals surface area contributed by atoms with Gasteiger partial charge in [0, 0.05) is 11.7 Å². The molecule has 0 spiro atoms. The number of H-pyrrole nitrogens is 1. The van der Waals surface area contributed by atoms with Crippen molar-refractivity contribution in [2.75, 3.05) is 12.8 Å². The zero-order valence-electron chi connectivity index (χ0n) is 11.3. The molecule has 1 aromatic heterocycles. The van der Waals surface area contributed by atoms with Crippen LogP contribution in [0.5, 0.6) is 5.75 Å². The van der Waals surface area contributed by atoms with E-state index in [0.717, 1.165) is 16.6 Å². The van der Waals surface area contributed by atoms with Crippen molar-refractivity contribution < 1.29 is 4.74 Å². The summed E-state index contributed by atoms with van der Waals surface area (Å²) in [6.07, 6.45) is 6.08. The molecule has 0 atom stereocenters. The highest BCUT2D eigenvalue weighted by Crippen LogP contribution is 2.23. The number of methoxy groups -OCH3 is 1. The van der Waals surface area contributed by atoms with E-state index in [2.05, 4.69) is 41.4 Å². The molecule has 0 aliphatic carbocycles. The van der Waals surface area contributed by atoms with Crippen LogP contribution in [0.2, 0.25) is 0 Å². The fourth-order valence-electron chi connectivity index (χ4n) is 2.20. The molecule has 0 saturated heterocycles. The predicted molar refractivity (Wildman–Crippen MR) is 84.6 cm³/mol. The Morgan fingerprint density at radius 2 is 1.75 bits per heavy atom. The molecule has 0 aliphatic rings. The molecule has 20 heavy (non-hydrogen) atoms. The third-order valence-corrected chi connectivity index (χ3v) is 3.30. The minimum absolute atomic E-state index is 0.651. The second-order valence-corrected chi connectivity index (χ2v) is 4.66. The van der Waals surface area contributed by atoms with Crippen molar-refractivity contribution in [3.8, 4) is 5.75 Å². The predicted octanol–water partition coefficient (Wildman–Crippen LogP) is 3.93. The summed E-state index contributed by atoms with van der Waals surface area (Å²) in [6, 6.07) is 14.1. The van der Waals surface area contributed by atoms with Crippen molar-refractivity contribution in [2.45, 2.75) is 0 Å². The van der Waals surface area contributed by atoms with Crippen molar-refractivity contribution in [1.29, 1.82) is 0 Å². The largest absolute Gasteiger partial charge is 0.495 e. The van der Waals surface area contributed by atoms with Crippen LogP contribution in [0, 0.1) is 0 Å². The van der Waals surface area contributed by atoms with Gasteiger partial charge in [-0.05, 0) is 46.8 Å². The molecule has 3 heteroatoms. The van der Waals surface area contributed by atoms with E-state index in [0.29, 0.717) is 11.4 Å². The van der Waals surface area contributed by atoms with Crippen molar-refractivity contribution in [3.63, 3.8) is 0 Å². The molecule has 0 saturated carbocycles. The van der Waals surface area contributed by atoms with Crippen LogP contribution in [-0.2, 0) is 0 Å². The lowest BCUT2D eigenvalue weighted by Gasteiger charge is -2.04. The van der Waals surface area contributed by atoms with Gasteiger partial charge in [0.1, 0.15) is 5.75 Å². The number of nitrogens with two attached hydrogens (primary N) is 1. The van der Waals surface area contributed by atoms with Crippen LogP contribution in [0.25, 0.3) is 23.1 Å². The Morgan fingerprint density at radius 3 is 2.55 bits per heavy atom. The first kappa shape index (κ1) is 12.4. The molecule has 0 amide bonds. The first-order valence-corrected chi connectivity index (χ1v) is 6.45.